The molecule has 146 valence electrons. The minimum Gasteiger partial charge on any atom is -0.232 e. The highest BCUT2D eigenvalue weighted by molar-refractivity contribution is 5.78. The van der Waals surface area contributed by atoms with Gasteiger partial charge < -0.3 is 0 Å². The Morgan fingerprint density at radius 2 is 1.62 bits per heavy atom. The van der Waals surface area contributed by atoms with Crippen molar-refractivity contribution >= 4 is 10.9 Å². The van der Waals surface area contributed by atoms with Crippen molar-refractivity contribution in [3.63, 3.8) is 0 Å². The molecule has 2 aromatic heterocycles. The molecular formula is C26H29N3+2. The zero-order valence-corrected chi connectivity index (χ0v) is 18.2. The van der Waals surface area contributed by atoms with Gasteiger partial charge in [0, 0.05) is 30.7 Å². The van der Waals surface area contributed by atoms with Crippen LogP contribution in [-0.4, -0.2) is 4.98 Å². The Hall–Kier alpha value is -3.07. The van der Waals surface area contributed by atoms with Gasteiger partial charge in [0.2, 0.25) is 5.69 Å². The summed E-state index contributed by atoms with van der Waals surface area (Å²) in [5.74, 6) is 0.989. The van der Waals surface area contributed by atoms with Crippen LogP contribution in [0.25, 0.3) is 28.0 Å². The van der Waals surface area contributed by atoms with E-state index in [2.05, 4.69) is 112 Å². The van der Waals surface area contributed by atoms with Gasteiger partial charge in [0.25, 0.3) is 0 Å². The van der Waals surface area contributed by atoms with Gasteiger partial charge in [-0.1, -0.05) is 39.0 Å². The molecule has 0 atom stereocenters. The number of nitrogens with zero attached hydrogens (tertiary/aromatic N) is 3. The Balaban J connectivity index is 2.05. The second kappa shape index (κ2) is 7.07. The number of aryl methyl sites for hydroxylation is 2. The molecule has 29 heavy (non-hydrogen) atoms. The van der Waals surface area contributed by atoms with E-state index < -0.39 is 0 Å². The van der Waals surface area contributed by atoms with Crippen molar-refractivity contribution in [2.24, 2.45) is 7.05 Å². The maximum Gasteiger partial charge on any atom is 0.331 e. The van der Waals surface area contributed by atoms with Gasteiger partial charge in [0.05, 0.1) is 18.0 Å². The molecule has 0 spiro atoms. The molecule has 0 radical (unpaired) electrons. The molecule has 0 unspecified atom stereocenters. The molecule has 4 rings (SSSR count). The Morgan fingerprint density at radius 1 is 0.897 bits per heavy atom. The summed E-state index contributed by atoms with van der Waals surface area (Å²) in [6.07, 6.45) is 4.31. The number of aromatic nitrogens is 3. The van der Waals surface area contributed by atoms with Crippen LogP contribution in [0.1, 0.15) is 37.6 Å². The van der Waals surface area contributed by atoms with E-state index in [1.807, 2.05) is 6.07 Å². The van der Waals surface area contributed by atoms with E-state index in [4.69, 9.17) is 4.98 Å². The smallest absolute Gasteiger partial charge is 0.232 e. The van der Waals surface area contributed by atoms with Crippen LogP contribution in [0.3, 0.4) is 0 Å². The second-order valence-electron chi connectivity index (χ2n) is 8.86. The highest BCUT2D eigenvalue weighted by Gasteiger charge is 2.27. The van der Waals surface area contributed by atoms with Gasteiger partial charge in [-0.3, -0.25) is 0 Å². The average Bonchev–Trinajstić information content (AvgIpc) is 2.67. The number of benzene rings is 2. The summed E-state index contributed by atoms with van der Waals surface area (Å²) >= 11 is 0. The van der Waals surface area contributed by atoms with Gasteiger partial charge in [-0.2, -0.15) is 4.57 Å². The molecule has 0 saturated carbocycles. The summed E-state index contributed by atoms with van der Waals surface area (Å²) in [4.78, 5) is 5.04. The third kappa shape index (κ3) is 3.53. The normalized spacial score (nSPS) is 11.8. The van der Waals surface area contributed by atoms with Crippen molar-refractivity contribution in [2.75, 3.05) is 0 Å². The van der Waals surface area contributed by atoms with Gasteiger partial charge in [-0.05, 0) is 41.1 Å². The first kappa shape index (κ1) is 19.3. The lowest BCUT2D eigenvalue weighted by Crippen LogP contribution is -2.36. The van der Waals surface area contributed by atoms with Gasteiger partial charge in [0.15, 0.2) is 17.4 Å². The Bertz CT molecular complexity index is 1220. The fourth-order valence-electron chi connectivity index (χ4n) is 3.82. The quantitative estimate of drug-likeness (QED) is 0.450. The summed E-state index contributed by atoms with van der Waals surface area (Å²) in [7, 11) is 2.08. The van der Waals surface area contributed by atoms with E-state index in [0.29, 0.717) is 0 Å². The van der Waals surface area contributed by atoms with Gasteiger partial charge in [-0.15, -0.1) is 0 Å². The summed E-state index contributed by atoms with van der Waals surface area (Å²) in [6.45, 7) is 11.1. The standard InChI is InChI=1S/C26H29N3/c1-18-11-9-10-14-29(18)24-16-21(26(3,4)5)15-22(19(24)2)25-27-23-13-8-7-12-20(23)17-28(25)6/h7-17H,1-6H3/q+2. The molecule has 0 aliphatic rings. The molecule has 0 aliphatic carbocycles. The van der Waals surface area contributed by atoms with E-state index in [1.54, 1.807) is 0 Å². The third-order valence-corrected chi connectivity index (χ3v) is 5.64. The molecule has 2 heterocycles. The summed E-state index contributed by atoms with van der Waals surface area (Å²) < 4.78 is 4.42. The topological polar surface area (TPSA) is 20.6 Å². The van der Waals surface area contributed by atoms with Crippen molar-refractivity contribution in [1.29, 1.82) is 0 Å². The zero-order chi connectivity index (χ0) is 20.8. The maximum absolute atomic E-state index is 5.04. The Kier molecular flexibility index (Phi) is 4.70. The third-order valence-electron chi connectivity index (χ3n) is 5.64. The molecule has 0 saturated heterocycles. The molecule has 0 aliphatic heterocycles. The number of rotatable bonds is 2. The predicted octanol–water partition coefficient (Wildman–Crippen LogP) is 4.92. The maximum atomic E-state index is 5.04. The van der Waals surface area contributed by atoms with Crippen molar-refractivity contribution in [1.82, 2.24) is 4.98 Å². The largest absolute Gasteiger partial charge is 0.331 e. The lowest BCUT2D eigenvalue weighted by molar-refractivity contribution is -0.661. The van der Waals surface area contributed by atoms with E-state index in [9.17, 15) is 0 Å². The number of hydrogen-bond acceptors (Lipinski definition) is 1. The molecule has 0 bridgehead atoms. The number of hydrogen-bond donors (Lipinski definition) is 0. The fourth-order valence-corrected chi connectivity index (χ4v) is 3.82. The zero-order valence-electron chi connectivity index (χ0n) is 18.2. The Labute approximate surface area is 173 Å². The summed E-state index contributed by atoms with van der Waals surface area (Å²) in [6, 6.07) is 19.3. The van der Waals surface area contributed by atoms with Crippen molar-refractivity contribution < 1.29 is 9.13 Å². The first-order valence-corrected chi connectivity index (χ1v) is 10.1. The molecule has 0 N–H and O–H groups in total. The average molecular weight is 384 g/mol. The first-order valence-electron chi connectivity index (χ1n) is 10.1. The van der Waals surface area contributed by atoms with Crippen molar-refractivity contribution in [3.8, 4) is 17.1 Å². The van der Waals surface area contributed by atoms with Crippen LogP contribution < -0.4 is 9.13 Å². The van der Waals surface area contributed by atoms with Crippen LogP contribution in [0.15, 0.2) is 67.0 Å². The molecule has 0 amide bonds. The first-order chi connectivity index (χ1) is 13.8. The van der Waals surface area contributed by atoms with Crippen LogP contribution in [0.5, 0.6) is 0 Å². The van der Waals surface area contributed by atoms with E-state index >= 15 is 0 Å². The van der Waals surface area contributed by atoms with E-state index in [0.717, 1.165) is 16.7 Å². The molecule has 2 aromatic carbocycles. The monoisotopic (exact) mass is 383 g/mol. The van der Waals surface area contributed by atoms with Crippen LogP contribution in [0.4, 0.5) is 0 Å². The van der Waals surface area contributed by atoms with Gasteiger partial charge in [-0.25, -0.2) is 4.57 Å². The number of pyridine rings is 1. The number of para-hydroxylation sites is 1. The van der Waals surface area contributed by atoms with Gasteiger partial charge in [0.1, 0.15) is 6.20 Å². The lowest BCUT2D eigenvalue weighted by Gasteiger charge is -2.21. The summed E-state index contributed by atoms with van der Waals surface area (Å²) in [5.41, 5.74) is 7.19. The Morgan fingerprint density at radius 3 is 2.34 bits per heavy atom. The predicted molar refractivity (Wildman–Crippen MR) is 118 cm³/mol. The molecule has 3 nitrogen and oxygen atoms in total. The van der Waals surface area contributed by atoms with Crippen molar-refractivity contribution in [3.05, 3.63) is 83.8 Å². The minimum absolute atomic E-state index is 0.0376. The van der Waals surface area contributed by atoms with Crippen LogP contribution in [0.2, 0.25) is 0 Å². The van der Waals surface area contributed by atoms with Crippen LogP contribution >= 0.6 is 0 Å². The van der Waals surface area contributed by atoms with Gasteiger partial charge >= 0.3 is 5.82 Å². The molecule has 4 aromatic rings. The second-order valence-corrected chi connectivity index (χ2v) is 8.86. The molecular weight excluding hydrogens is 354 g/mol. The lowest BCUT2D eigenvalue weighted by atomic mass is 9.84. The molecule has 0 fully saturated rings. The van der Waals surface area contributed by atoms with E-state index in [-0.39, 0.29) is 5.41 Å². The SMILES string of the molecule is Cc1c(-c2nc3ccccc3c[n+]2C)cc(C(C)(C)C)cc1-[n+]1ccccc1C. The van der Waals surface area contributed by atoms with Crippen LogP contribution in [0, 0.1) is 13.8 Å². The highest BCUT2D eigenvalue weighted by Crippen LogP contribution is 2.31. The fraction of sp³-hybridized carbons (Fsp3) is 0.269. The van der Waals surface area contributed by atoms with E-state index in [1.165, 1.54) is 28.1 Å². The van der Waals surface area contributed by atoms with Crippen LogP contribution in [-0.2, 0) is 12.5 Å². The highest BCUT2D eigenvalue weighted by atomic mass is 15.0. The minimum atomic E-state index is 0.0376. The molecule has 3 heteroatoms. The summed E-state index contributed by atoms with van der Waals surface area (Å²) in [5, 5.41) is 1.15. The van der Waals surface area contributed by atoms with Crippen molar-refractivity contribution in [2.45, 2.75) is 40.0 Å². The number of fused-ring (bicyclic) bond motifs is 1.